The standard InChI is InChI=1S/C20H27NO4S/c1-7-18(16-8-9-19(25-6)13(2)10-16)21-26(22,23)20-14(3)11-17(24-5)12-15(20)4/h8-12,18,21H,7H2,1-6H3/t18-/m0/s1. The summed E-state index contributed by atoms with van der Waals surface area (Å²) in [7, 11) is -0.480. The Morgan fingerprint density at radius 1 is 0.962 bits per heavy atom. The zero-order valence-corrected chi connectivity index (χ0v) is 17.0. The molecule has 0 bridgehead atoms. The van der Waals surface area contributed by atoms with Gasteiger partial charge in [0.2, 0.25) is 10.0 Å². The van der Waals surface area contributed by atoms with Crippen LogP contribution >= 0.6 is 0 Å². The van der Waals surface area contributed by atoms with Crippen molar-refractivity contribution in [2.75, 3.05) is 14.2 Å². The second-order valence-electron chi connectivity index (χ2n) is 6.40. The van der Waals surface area contributed by atoms with Gasteiger partial charge in [0.15, 0.2) is 0 Å². The summed E-state index contributed by atoms with van der Waals surface area (Å²) < 4.78 is 39.5. The fourth-order valence-electron chi connectivity index (χ4n) is 3.20. The Hall–Kier alpha value is -2.05. The normalized spacial score (nSPS) is 12.7. The molecular weight excluding hydrogens is 350 g/mol. The van der Waals surface area contributed by atoms with E-state index in [9.17, 15) is 8.42 Å². The summed E-state index contributed by atoms with van der Waals surface area (Å²) >= 11 is 0. The first-order valence-electron chi connectivity index (χ1n) is 8.55. The van der Waals surface area contributed by atoms with E-state index in [2.05, 4.69) is 4.72 Å². The zero-order chi connectivity index (χ0) is 19.5. The summed E-state index contributed by atoms with van der Waals surface area (Å²) in [5, 5.41) is 0. The Balaban J connectivity index is 2.39. The zero-order valence-electron chi connectivity index (χ0n) is 16.2. The molecule has 0 aliphatic rings. The van der Waals surface area contributed by atoms with E-state index in [1.165, 1.54) is 0 Å². The fraction of sp³-hybridized carbons (Fsp3) is 0.400. The van der Waals surface area contributed by atoms with E-state index in [0.717, 1.165) is 16.9 Å². The van der Waals surface area contributed by atoms with Crippen LogP contribution in [0.25, 0.3) is 0 Å². The van der Waals surface area contributed by atoms with Crippen molar-refractivity contribution in [3.8, 4) is 11.5 Å². The van der Waals surface area contributed by atoms with Crippen molar-refractivity contribution in [3.63, 3.8) is 0 Å². The highest BCUT2D eigenvalue weighted by atomic mass is 32.2. The molecule has 2 rings (SSSR count). The third kappa shape index (κ3) is 4.19. The average Bonchev–Trinajstić information content (AvgIpc) is 2.58. The van der Waals surface area contributed by atoms with E-state index in [-0.39, 0.29) is 6.04 Å². The molecule has 0 spiro atoms. The summed E-state index contributed by atoms with van der Waals surface area (Å²) in [6, 6.07) is 8.89. The van der Waals surface area contributed by atoms with Gasteiger partial charge in [-0.1, -0.05) is 19.1 Å². The molecule has 142 valence electrons. The molecule has 0 unspecified atom stereocenters. The van der Waals surface area contributed by atoms with Gasteiger partial charge in [-0.2, -0.15) is 0 Å². The summed E-state index contributed by atoms with van der Waals surface area (Å²) in [5.74, 6) is 1.44. The number of rotatable bonds is 7. The molecule has 1 atom stereocenters. The Kier molecular flexibility index (Phi) is 6.31. The van der Waals surface area contributed by atoms with Crippen LogP contribution in [-0.4, -0.2) is 22.6 Å². The Bertz CT molecular complexity index is 868. The van der Waals surface area contributed by atoms with Crippen molar-refractivity contribution in [2.24, 2.45) is 0 Å². The summed E-state index contributed by atoms with van der Waals surface area (Å²) in [6.07, 6.45) is 0.638. The Morgan fingerprint density at radius 3 is 2.04 bits per heavy atom. The SMILES string of the molecule is CC[C@H](NS(=O)(=O)c1c(C)cc(OC)cc1C)c1ccc(OC)c(C)c1. The highest BCUT2D eigenvalue weighted by molar-refractivity contribution is 7.89. The second kappa shape index (κ2) is 8.10. The number of hydrogen-bond donors (Lipinski definition) is 1. The van der Waals surface area contributed by atoms with Gasteiger partial charge in [0.25, 0.3) is 0 Å². The van der Waals surface area contributed by atoms with Crippen molar-refractivity contribution in [1.29, 1.82) is 0 Å². The quantitative estimate of drug-likeness (QED) is 0.790. The Morgan fingerprint density at radius 2 is 1.58 bits per heavy atom. The van der Waals surface area contributed by atoms with Crippen LogP contribution in [0.4, 0.5) is 0 Å². The van der Waals surface area contributed by atoms with E-state index in [1.54, 1.807) is 40.2 Å². The number of aryl methyl sites for hydroxylation is 3. The molecule has 0 saturated heterocycles. The van der Waals surface area contributed by atoms with Gasteiger partial charge in [0.1, 0.15) is 11.5 Å². The number of benzene rings is 2. The van der Waals surface area contributed by atoms with Crippen LogP contribution in [0.1, 0.15) is 41.6 Å². The van der Waals surface area contributed by atoms with Crippen LogP contribution < -0.4 is 14.2 Å². The van der Waals surface area contributed by atoms with Gasteiger partial charge >= 0.3 is 0 Å². The monoisotopic (exact) mass is 377 g/mol. The second-order valence-corrected chi connectivity index (χ2v) is 8.05. The van der Waals surface area contributed by atoms with Crippen LogP contribution in [0.15, 0.2) is 35.2 Å². The summed E-state index contributed by atoms with van der Waals surface area (Å²) in [4.78, 5) is 0.307. The predicted molar refractivity (Wildman–Crippen MR) is 104 cm³/mol. The number of nitrogens with one attached hydrogen (secondary N) is 1. The largest absolute Gasteiger partial charge is 0.497 e. The maximum Gasteiger partial charge on any atom is 0.241 e. The average molecular weight is 378 g/mol. The van der Waals surface area contributed by atoms with Gasteiger partial charge in [0, 0.05) is 6.04 Å². The molecule has 5 nitrogen and oxygen atoms in total. The molecule has 0 aliphatic carbocycles. The number of methoxy groups -OCH3 is 2. The lowest BCUT2D eigenvalue weighted by molar-refractivity contribution is 0.411. The molecule has 2 aromatic rings. The molecule has 6 heteroatoms. The van der Waals surface area contributed by atoms with Crippen LogP contribution in [0.2, 0.25) is 0 Å². The van der Waals surface area contributed by atoms with Crippen LogP contribution in [-0.2, 0) is 10.0 Å². The first-order valence-corrected chi connectivity index (χ1v) is 10.0. The lowest BCUT2D eigenvalue weighted by Gasteiger charge is -2.21. The highest BCUT2D eigenvalue weighted by Crippen LogP contribution is 2.29. The topological polar surface area (TPSA) is 64.6 Å². The van der Waals surface area contributed by atoms with Crippen molar-refractivity contribution in [3.05, 3.63) is 52.6 Å². The molecule has 0 saturated carbocycles. The van der Waals surface area contributed by atoms with E-state index in [0.29, 0.717) is 28.2 Å². The lowest BCUT2D eigenvalue weighted by Crippen LogP contribution is -2.29. The summed E-state index contributed by atoms with van der Waals surface area (Å²) in [5.41, 5.74) is 3.21. The van der Waals surface area contributed by atoms with E-state index in [4.69, 9.17) is 9.47 Å². The van der Waals surface area contributed by atoms with E-state index in [1.807, 2.05) is 32.0 Å². The van der Waals surface area contributed by atoms with Gasteiger partial charge < -0.3 is 9.47 Å². The molecule has 0 amide bonds. The third-order valence-electron chi connectivity index (χ3n) is 4.47. The molecule has 0 heterocycles. The number of hydrogen-bond acceptors (Lipinski definition) is 4. The van der Waals surface area contributed by atoms with Crippen molar-refractivity contribution in [1.82, 2.24) is 4.72 Å². The smallest absolute Gasteiger partial charge is 0.241 e. The lowest BCUT2D eigenvalue weighted by atomic mass is 10.0. The molecule has 1 N–H and O–H groups in total. The van der Waals surface area contributed by atoms with E-state index < -0.39 is 10.0 Å². The van der Waals surface area contributed by atoms with Crippen molar-refractivity contribution in [2.45, 2.75) is 45.1 Å². The maximum atomic E-state index is 13.0. The van der Waals surface area contributed by atoms with Crippen molar-refractivity contribution >= 4 is 10.0 Å². The van der Waals surface area contributed by atoms with Gasteiger partial charge in [0.05, 0.1) is 19.1 Å². The van der Waals surface area contributed by atoms with Gasteiger partial charge in [-0.05, 0) is 67.6 Å². The highest BCUT2D eigenvalue weighted by Gasteiger charge is 2.24. The molecule has 0 aliphatic heterocycles. The number of sulfonamides is 1. The minimum absolute atomic E-state index is 0.307. The van der Waals surface area contributed by atoms with Gasteiger partial charge in [-0.3, -0.25) is 0 Å². The molecular formula is C20H27NO4S. The van der Waals surface area contributed by atoms with Crippen LogP contribution in [0.3, 0.4) is 0 Å². The predicted octanol–water partition coefficient (Wildman–Crippen LogP) is 4.06. The van der Waals surface area contributed by atoms with Crippen LogP contribution in [0.5, 0.6) is 11.5 Å². The molecule has 0 aromatic heterocycles. The number of ether oxygens (including phenoxy) is 2. The molecule has 0 fully saturated rings. The first-order chi connectivity index (χ1) is 12.2. The maximum absolute atomic E-state index is 13.0. The fourth-order valence-corrected chi connectivity index (χ4v) is 4.96. The minimum atomic E-state index is -3.67. The Labute approximate surface area is 156 Å². The first kappa shape index (κ1) is 20.3. The summed E-state index contributed by atoms with van der Waals surface area (Å²) in [6.45, 7) is 7.47. The van der Waals surface area contributed by atoms with Gasteiger partial charge in [-0.15, -0.1) is 0 Å². The van der Waals surface area contributed by atoms with Crippen molar-refractivity contribution < 1.29 is 17.9 Å². The van der Waals surface area contributed by atoms with Gasteiger partial charge in [-0.25, -0.2) is 13.1 Å². The molecule has 26 heavy (non-hydrogen) atoms. The third-order valence-corrected chi connectivity index (χ3v) is 6.24. The molecule has 2 aromatic carbocycles. The van der Waals surface area contributed by atoms with E-state index >= 15 is 0 Å². The molecule has 0 radical (unpaired) electrons. The van der Waals surface area contributed by atoms with Crippen LogP contribution in [0, 0.1) is 20.8 Å². The minimum Gasteiger partial charge on any atom is -0.497 e.